The molecule has 1 rings (SSSR count). The van der Waals surface area contributed by atoms with Crippen molar-refractivity contribution < 1.29 is 13.2 Å². The fourth-order valence-corrected chi connectivity index (χ4v) is 4.15. The van der Waals surface area contributed by atoms with Crippen molar-refractivity contribution in [2.45, 2.75) is 19.3 Å². The summed E-state index contributed by atoms with van der Waals surface area (Å²) < 4.78 is 27.6. The summed E-state index contributed by atoms with van der Waals surface area (Å²) in [4.78, 5) is 0. The van der Waals surface area contributed by atoms with Gasteiger partial charge in [-0.3, -0.25) is 0 Å². The predicted molar refractivity (Wildman–Crippen MR) is 60.4 cm³/mol. The summed E-state index contributed by atoms with van der Waals surface area (Å²) in [7, 11) is -1.09. The molecule has 2 atom stereocenters. The molecule has 0 amide bonds. The Hall–Kier alpha value is -0.130. The van der Waals surface area contributed by atoms with Gasteiger partial charge >= 0.3 is 0 Å². The van der Waals surface area contributed by atoms with Gasteiger partial charge in [0.2, 0.25) is 0 Å². The molecule has 15 heavy (non-hydrogen) atoms. The smallest absolute Gasteiger partial charge is 0.150 e. The maximum atomic E-state index is 11.3. The summed E-state index contributed by atoms with van der Waals surface area (Å²) in [5.41, 5.74) is 5.69. The summed E-state index contributed by atoms with van der Waals surface area (Å²) >= 11 is 0. The van der Waals surface area contributed by atoms with Crippen LogP contribution in [-0.2, 0) is 14.6 Å². The highest BCUT2D eigenvalue weighted by Gasteiger charge is 2.32. The largest absolute Gasteiger partial charge is 0.385 e. The van der Waals surface area contributed by atoms with E-state index >= 15 is 0 Å². The molecule has 2 N–H and O–H groups in total. The Morgan fingerprint density at radius 3 is 2.73 bits per heavy atom. The molecular formula is C10H21NO3S. The van der Waals surface area contributed by atoms with Gasteiger partial charge in [0.25, 0.3) is 0 Å². The molecule has 2 unspecified atom stereocenters. The number of sulfone groups is 1. The van der Waals surface area contributed by atoms with E-state index in [1.807, 2.05) is 0 Å². The molecule has 4 nitrogen and oxygen atoms in total. The lowest BCUT2D eigenvalue weighted by atomic mass is 9.88. The molecular weight excluding hydrogens is 214 g/mol. The Bertz CT molecular complexity index is 276. The average molecular weight is 235 g/mol. The number of nitrogens with two attached hydrogens (primary N) is 1. The monoisotopic (exact) mass is 235 g/mol. The number of rotatable bonds is 6. The lowest BCUT2D eigenvalue weighted by Gasteiger charge is -2.20. The third kappa shape index (κ3) is 4.09. The highest BCUT2D eigenvalue weighted by atomic mass is 32.2. The van der Waals surface area contributed by atoms with Gasteiger partial charge in [-0.2, -0.15) is 0 Å². The molecule has 0 aromatic heterocycles. The fraction of sp³-hybridized carbons (Fsp3) is 1.00. The second-order valence-corrected chi connectivity index (χ2v) is 6.52. The van der Waals surface area contributed by atoms with E-state index in [1.165, 1.54) is 0 Å². The molecule has 1 heterocycles. The second-order valence-electron chi connectivity index (χ2n) is 4.29. The van der Waals surface area contributed by atoms with Gasteiger partial charge in [0, 0.05) is 13.7 Å². The summed E-state index contributed by atoms with van der Waals surface area (Å²) in [6.45, 7) is 1.32. The number of hydrogen-bond donors (Lipinski definition) is 1. The zero-order chi connectivity index (χ0) is 11.3. The first-order valence-corrected chi connectivity index (χ1v) is 7.30. The summed E-state index contributed by atoms with van der Waals surface area (Å²) in [5, 5.41) is 0. The Balaban J connectivity index is 2.39. The van der Waals surface area contributed by atoms with E-state index in [0.29, 0.717) is 24.0 Å². The normalized spacial score (nSPS) is 26.7. The van der Waals surface area contributed by atoms with E-state index < -0.39 is 9.84 Å². The van der Waals surface area contributed by atoms with Crippen molar-refractivity contribution in [3.05, 3.63) is 0 Å². The Morgan fingerprint density at radius 2 is 2.27 bits per heavy atom. The van der Waals surface area contributed by atoms with Crippen LogP contribution in [0.2, 0.25) is 0 Å². The van der Waals surface area contributed by atoms with Crippen LogP contribution >= 0.6 is 0 Å². The van der Waals surface area contributed by atoms with Crippen molar-refractivity contribution in [3.8, 4) is 0 Å². The van der Waals surface area contributed by atoms with Gasteiger partial charge in [-0.1, -0.05) is 0 Å². The van der Waals surface area contributed by atoms with Gasteiger partial charge in [0.1, 0.15) is 0 Å². The Labute approximate surface area is 92.1 Å². The van der Waals surface area contributed by atoms with Crippen LogP contribution in [0.3, 0.4) is 0 Å². The van der Waals surface area contributed by atoms with E-state index in [1.54, 1.807) is 7.11 Å². The highest BCUT2D eigenvalue weighted by Crippen LogP contribution is 2.28. The van der Waals surface area contributed by atoms with Crippen molar-refractivity contribution in [3.63, 3.8) is 0 Å². The topological polar surface area (TPSA) is 69.4 Å². The maximum absolute atomic E-state index is 11.3. The zero-order valence-corrected chi connectivity index (χ0v) is 10.1. The molecule has 0 saturated carbocycles. The van der Waals surface area contributed by atoms with Crippen molar-refractivity contribution in [2.24, 2.45) is 17.6 Å². The number of ether oxygens (including phenoxy) is 1. The molecule has 0 spiro atoms. The molecule has 0 aromatic rings. The minimum absolute atomic E-state index is 0.275. The van der Waals surface area contributed by atoms with Crippen LogP contribution in [0.1, 0.15) is 19.3 Å². The van der Waals surface area contributed by atoms with Crippen LogP contribution in [-0.4, -0.2) is 40.2 Å². The first-order valence-electron chi connectivity index (χ1n) is 5.48. The maximum Gasteiger partial charge on any atom is 0.150 e. The van der Waals surface area contributed by atoms with Crippen molar-refractivity contribution in [1.29, 1.82) is 0 Å². The van der Waals surface area contributed by atoms with Crippen LogP contribution < -0.4 is 5.73 Å². The Kier molecular flexibility index (Phi) is 5.02. The molecule has 1 fully saturated rings. The predicted octanol–water partition coefficient (Wildman–Crippen LogP) is 0.423. The minimum atomic E-state index is -2.77. The Morgan fingerprint density at radius 1 is 1.53 bits per heavy atom. The van der Waals surface area contributed by atoms with E-state index in [0.717, 1.165) is 25.9 Å². The summed E-state index contributed by atoms with van der Waals surface area (Å²) in [5.74, 6) is 1.30. The second kappa shape index (κ2) is 5.82. The third-order valence-corrected chi connectivity index (χ3v) is 4.95. The quantitative estimate of drug-likeness (QED) is 0.678. The number of methoxy groups -OCH3 is 1. The first kappa shape index (κ1) is 12.9. The standard InChI is InChI=1S/C10H21NO3S/c1-14-5-2-3-9(7-11)10-4-6-15(12,13)8-10/h9-10H,2-8,11H2,1H3. The van der Waals surface area contributed by atoms with Gasteiger partial charge in [0.05, 0.1) is 11.5 Å². The molecule has 1 saturated heterocycles. The van der Waals surface area contributed by atoms with E-state index in [2.05, 4.69) is 0 Å². The van der Waals surface area contributed by atoms with E-state index in [4.69, 9.17) is 10.5 Å². The summed E-state index contributed by atoms with van der Waals surface area (Å²) in [6, 6.07) is 0. The van der Waals surface area contributed by atoms with Crippen molar-refractivity contribution in [1.82, 2.24) is 0 Å². The van der Waals surface area contributed by atoms with E-state index in [-0.39, 0.29) is 5.92 Å². The summed E-state index contributed by atoms with van der Waals surface area (Å²) in [6.07, 6.45) is 2.73. The minimum Gasteiger partial charge on any atom is -0.385 e. The molecule has 5 heteroatoms. The third-order valence-electron chi connectivity index (χ3n) is 3.16. The van der Waals surface area contributed by atoms with E-state index in [9.17, 15) is 8.42 Å². The SMILES string of the molecule is COCCCC(CN)C1CCS(=O)(=O)C1. The zero-order valence-electron chi connectivity index (χ0n) is 9.31. The molecule has 0 aromatic carbocycles. The van der Waals surface area contributed by atoms with Gasteiger partial charge in [-0.25, -0.2) is 8.42 Å². The highest BCUT2D eigenvalue weighted by molar-refractivity contribution is 7.91. The molecule has 0 radical (unpaired) electrons. The van der Waals surface area contributed by atoms with Gasteiger partial charge < -0.3 is 10.5 Å². The molecule has 0 bridgehead atoms. The molecule has 1 aliphatic heterocycles. The fourth-order valence-electron chi connectivity index (χ4n) is 2.23. The first-order chi connectivity index (χ1) is 7.09. The van der Waals surface area contributed by atoms with Crippen molar-refractivity contribution >= 4 is 9.84 Å². The number of hydrogen-bond acceptors (Lipinski definition) is 4. The van der Waals surface area contributed by atoms with Crippen LogP contribution in [0, 0.1) is 11.8 Å². The van der Waals surface area contributed by atoms with Gasteiger partial charge in [-0.05, 0) is 37.6 Å². The van der Waals surface area contributed by atoms with Crippen LogP contribution in [0.4, 0.5) is 0 Å². The molecule has 1 aliphatic rings. The van der Waals surface area contributed by atoms with Crippen LogP contribution in [0.15, 0.2) is 0 Å². The lowest BCUT2D eigenvalue weighted by molar-refractivity contribution is 0.181. The van der Waals surface area contributed by atoms with Crippen molar-refractivity contribution in [2.75, 3.05) is 31.8 Å². The van der Waals surface area contributed by atoms with Gasteiger partial charge in [0.15, 0.2) is 9.84 Å². The van der Waals surface area contributed by atoms with Crippen LogP contribution in [0.5, 0.6) is 0 Å². The molecule has 0 aliphatic carbocycles. The van der Waals surface area contributed by atoms with Gasteiger partial charge in [-0.15, -0.1) is 0 Å². The van der Waals surface area contributed by atoms with Crippen LogP contribution in [0.25, 0.3) is 0 Å². The lowest BCUT2D eigenvalue weighted by Crippen LogP contribution is -2.24. The molecule has 90 valence electrons. The average Bonchev–Trinajstić information content (AvgIpc) is 2.54.